The lowest BCUT2D eigenvalue weighted by molar-refractivity contribution is 0.186. The van der Waals surface area contributed by atoms with Crippen LogP contribution in [0, 0.1) is 0 Å². The van der Waals surface area contributed by atoms with Crippen LogP contribution in [0.2, 0.25) is 0 Å². The zero-order chi connectivity index (χ0) is 10.7. The standard InChI is InChI=1S/C11H13NO3/c13-11(14)12-9(10-7-15-10)6-8-4-2-1-3-5-8/h1-5,9-10,12H,6-7H2,(H,13,14)/t9-,10+/m1/s1. The Morgan fingerprint density at radius 3 is 2.73 bits per heavy atom. The highest BCUT2D eigenvalue weighted by Gasteiger charge is 2.33. The monoisotopic (exact) mass is 207 g/mol. The molecule has 0 unspecified atom stereocenters. The largest absolute Gasteiger partial charge is 0.465 e. The van der Waals surface area contributed by atoms with Crippen LogP contribution in [0.5, 0.6) is 0 Å². The van der Waals surface area contributed by atoms with E-state index in [9.17, 15) is 4.79 Å². The summed E-state index contributed by atoms with van der Waals surface area (Å²) in [5, 5.41) is 11.2. The molecule has 1 saturated heterocycles. The number of epoxide rings is 1. The topological polar surface area (TPSA) is 61.9 Å². The number of carbonyl (C=O) groups is 1. The van der Waals surface area contributed by atoms with Crippen LogP contribution in [-0.2, 0) is 11.2 Å². The first kappa shape index (κ1) is 9.98. The van der Waals surface area contributed by atoms with Gasteiger partial charge in [-0.3, -0.25) is 0 Å². The van der Waals surface area contributed by atoms with Crippen LogP contribution >= 0.6 is 0 Å². The van der Waals surface area contributed by atoms with Gasteiger partial charge in [0.2, 0.25) is 0 Å². The van der Waals surface area contributed by atoms with Crippen molar-refractivity contribution in [2.45, 2.75) is 18.6 Å². The molecule has 1 aromatic carbocycles. The fourth-order valence-electron chi connectivity index (χ4n) is 1.59. The molecular formula is C11H13NO3. The number of carboxylic acid groups (broad SMARTS) is 1. The molecule has 1 aliphatic rings. The van der Waals surface area contributed by atoms with Crippen molar-refractivity contribution >= 4 is 6.09 Å². The van der Waals surface area contributed by atoms with Crippen LogP contribution in [0.4, 0.5) is 4.79 Å². The quantitative estimate of drug-likeness (QED) is 0.731. The summed E-state index contributed by atoms with van der Waals surface area (Å²) in [6.07, 6.45) is -0.273. The third-order valence-electron chi connectivity index (χ3n) is 2.42. The Bertz CT molecular complexity index is 335. The lowest BCUT2D eigenvalue weighted by atomic mass is 10.0. The molecule has 15 heavy (non-hydrogen) atoms. The molecule has 0 saturated carbocycles. The van der Waals surface area contributed by atoms with Crippen molar-refractivity contribution < 1.29 is 14.6 Å². The first-order chi connectivity index (χ1) is 7.25. The Morgan fingerprint density at radius 1 is 1.53 bits per heavy atom. The van der Waals surface area contributed by atoms with Crippen LogP contribution in [0.15, 0.2) is 30.3 Å². The molecule has 0 spiro atoms. The fourth-order valence-corrected chi connectivity index (χ4v) is 1.59. The van der Waals surface area contributed by atoms with E-state index in [1.807, 2.05) is 30.3 Å². The maximum absolute atomic E-state index is 10.6. The Morgan fingerprint density at radius 2 is 2.20 bits per heavy atom. The van der Waals surface area contributed by atoms with E-state index in [1.54, 1.807) is 0 Å². The number of ether oxygens (including phenoxy) is 1. The van der Waals surface area contributed by atoms with Gasteiger partial charge in [-0.15, -0.1) is 0 Å². The van der Waals surface area contributed by atoms with Crippen molar-refractivity contribution in [1.29, 1.82) is 0 Å². The molecule has 4 nitrogen and oxygen atoms in total. The highest BCUT2D eigenvalue weighted by atomic mass is 16.6. The SMILES string of the molecule is O=C(O)N[C@H](Cc1ccccc1)[C@@H]1CO1. The van der Waals surface area contributed by atoms with Gasteiger partial charge in [-0.05, 0) is 12.0 Å². The minimum absolute atomic E-state index is 0.0429. The van der Waals surface area contributed by atoms with Crippen LogP contribution in [0.25, 0.3) is 0 Å². The van der Waals surface area contributed by atoms with Crippen molar-refractivity contribution in [1.82, 2.24) is 5.32 Å². The highest BCUT2D eigenvalue weighted by Crippen LogP contribution is 2.17. The number of rotatable bonds is 4. The average Bonchev–Trinajstić information content (AvgIpc) is 3.01. The summed E-state index contributed by atoms with van der Waals surface area (Å²) in [5.41, 5.74) is 1.12. The molecule has 0 bridgehead atoms. The van der Waals surface area contributed by atoms with E-state index in [0.717, 1.165) is 5.56 Å². The maximum Gasteiger partial charge on any atom is 0.404 e. The van der Waals surface area contributed by atoms with Crippen molar-refractivity contribution in [3.63, 3.8) is 0 Å². The zero-order valence-corrected chi connectivity index (χ0v) is 8.22. The molecule has 0 radical (unpaired) electrons. The lowest BCUT2D eigenvalue weighted by Crippen LogP contribution is -2.39. The minimum Gasteiger partial charge on any atom is -0.465 e. The van der Waals surface area contributed by atoms with Gasteiger partial charge in [0.05, 0.1) is 12.6 Å². The van der Waals surface area contributed by atoms with Gasteiger partial charge in [0.1, 0.15) is 6.10 Å². The van der Waals surface area contributed by atoms with Crippen molar-refractivity contribution in [3.8, 4) is 0 Å². The third-order valence-corrected chi connectivity index (χ3v) is 2.42. The van der Waals surface area contributed by atoms with E-state index in [-0.39, 0.29) is 12.1 Å². The molecule has 80 valence electrons. The Hall–Kier alpha value is -1.55. The minimum atomic E-state index is -0.994. The van der Waals surface area contributed by atoms with Gasteiger partial charge in [-0.2, -0.15) is 0 Å². The van der Waals surface area contributed by atoms with Crippen LogP contribution in [0.3, 0.4) is 0 Å². The summed E-state index contributed by atoms with van der Waals surface area (Å²) in [7, 11) is 0. The number of benzene rings is 1. The molecule has 1 heterocycles. The summed E-state index contributed by atoms with van der Waals surface area (Å²) in [5.74, 6) is 0. The molecule has 2 N–H and O–H groups in total. The average molecular weight is 207 g/mol. The Balaban J connectivity index is 1.97. The second-order valence-electron chi connectivity index (χ2n) is 3.62. The van der Waals surface area contributed by atoms with Gasteiger partial charge in [-0.25, -0.2) is 4.79 Å². The second kappa shape index (κ2) is 4.31. The van der Waals surface area contributed by atoms with E-state index in [2.05, 4.69) is 5.32 Å². The third kappa shape index (κ3) is 2.95. The van der Waals surface area contributed by atoms with Crippen LogP contribution in [0.1, 0.15) is 5.56 Å². The fraction of sp³-hybridized carbons (Fsp3) is 0.364. The molecule has 1 aliphatic heterocycles. The maximum atomic E-state index is 10.6. The number of amides is 1. The lowest BCUT2D eigenvalue weighted by Gasteiger charge is -2.14. The summed E-state index contributed by atoms with van der Waals surface area (Å²) in [6.45, 7) is 0.651. The van der Waals surface area contributed by atoms with E-state index >= 15 is 0 Å². The molecule has 1 aromatic rings. The molecule has 0 aromatic heterocycles. The van der Waals surface area contributed by atoms with Gasteiger partial charge in [0.15, 0.2) is 0 Å². The first-order valence-corrected chi connectivity index (χ1v) is 4.90. The molecule has 2 rings (SSSR count). The van der Waals surface area contributed by atoms with Gasteiger partial charge in [0, 0.05) is 0 Å². The van der Waals surface area contributed by atoms with E-state index in [4.69, 9.17) is 9.84 Å². The zero-order valence-electron chi connectivity index (χ0n) is 8.22. The molecule has 2 atom stereocenters. The van der Waals surface area contributed by atoms with Gasteiger partial charge in [-0.1, -0.05) is 30.3 Å². The van der Waals surface area contributed by atoms with E-state index < -0.39 is 6.09 Å². The Labute approximate surface area is 87.9 Å². The molecule has 0 aliphatic carbocycles. The second-order valence-corrected chi connectivity index (χ2v) is 3.62. The summed E-state index contributed by atoms with van der Waals surface area (Å²) in [6, 6.07) is 9.67. The van der Waals surface area contributed by atoms with Gasteiger partial charge in [0.25, 0.3) is 0 Å². The predicted octanol–water partition coefficient (Wildman–Crippen LogP) is 1.26. The van der Waals surface area contributed by atoms with Crippen LogP contribution < -0.4 is 5.32 Å². The highest BCUT2D eigenvalue weighted by molar-refractivity contribution is 5.65. The van der Waals surface area contributed by atoms with Crippen molar-refractivity contribution in [3.05, 3.63) is 35.9 Å². The van der Waals surface area contributed by atoms with Crippen molar-refractivity contribution in [2.75, 3.05) is 6.61 Å². The molecule has 1 amide bonds. The molecule has 4 heteroatoms. The normalized spacial score (nSPS) is 20.7. The van der Waals surface area contributed by atoms with E-state index in [0.29, 0.717) is 13.0 Å². The Kier molecular flexibility index (Phi) is 2.87. The van der Waals surface area contributed by atoms with E-state index in [1.165, 1.54) is 0 Å². The van der Waals surface area contributed by atoms with Crippen LogP contribution in [-0.4, -0.2) is 30.0 Å². The summed E-state index contributed by atoms with van der Waals surface area (Å²) in [4.78, 5) is 10.6. The summed E-state index contributed by atoms with van der Waals surface area (Å²) >= 11 is 0. The predicted molar refractivity (Wildman–Crippen MR) is 54.8 cm³/mol. The first-order valence-electron chi connectivity index (χ1n) is 4.90. The number of hydrogen-bond acceptors (Lipinski definition) is 2. The number of hydrogen-bond donors (Lipinski definition) is 2. The van der Waals surface area contributed by atoms with Gasteiger partial charge >= 0.3 is 6.09 Å². The molecular weight excluding hydrogens is 194 g/mol. The number of nitrogens with one attached hydrogen (secondary N) is 1. The summed E-state index contributed by atoms with van der Waals surface area (Å²) < 4.78 is 5.12. The van der Waals surface area contributed by atoms with Crippen molar-refractivity contribution in [2.24, 2.45) is 0 Å². The van der Waals surface area contributed by atoms with Gasteiger partial charge < -0.3 is 15.2 Å². The molecule has 1 fully saturated rings. The smallest absolute Gasteiger partial charge is 0.404 e.